The molecule has 1 aliphatic rings. The fourth-order valence-corrected chi connectivity index (χ4v) is 1.87. The Bertz CT molecular complexity index is 263. The molecular weight excluding hydrogens is 226 g/mol. The van der Waals surface area contributed by atoms with Crippen LogP contribution < -0.4 is 11.1 Å². The van der Waals surface area contributed by atoms with Crippen LogP contribution in [0, 0.1) is 4.91 Å². The lowest BCUT2D eigenvalue weighted by Crippen LogP contribution is -2.58. The van der Waals surface area contributed by atoms with Crippen LogP contribution >= 0.6 is 0 Å². The number of piperazine rings is 1. The van der Waals surface area contributed by atoms with Crippen LogP contribution in [0.15, 0.2) is 5.29 Å². The van der Waals surface area contributed by atoms with Crippen LogP contribution in [0.25, 0.3) is 0 Å². The summed E-state index contributed by atoms with van der Waals surface area (Å²) in [5, 5.41) is 8.94. The summed E-state index contributed by atoms with van der Waals surface area (Å²) < 4.78 is 5.01. The van der Waals surface area contributed by atoms with E-state index in [1.54, 1.807) is 12.1 Å². The summed E-state index contributed by atoms with van der Waals surface area (Å²) in [4.78, 5) is 21.6. The van der Waals surface area contributed by atoms with Crippen molar-refractivity contribution in [2.24, 2.45) is 11.0 Å². The zero-order chi connectivity index (χ0) is 12.7. The number of rotatable bonds is 7. The SMILES string of the molecule is COCCC1CNCCN1N(CC(N)=O)N=O. The van der Waals surface area contributed by atoms with Gasteiger partial charge in [0.25, 0.3) is 0 Å². The van der Waals surface area contributed by atoms with Crippen molar-refractivity contribution in [1.82, 2.24) is 15.4 Å². The van der Waals surface area contributed by atoms with E-state index in [0.29, 0.717) is 13.2 Å². The average Bonchev–Trinajstić information content (AvgIpc) is 2.33. The van der Waals surface area contributed by atoms with Crippen molar-refractivity contribution in [3.63, 3.8) is 0 Å². The van der Waals surface area contributed by atoms with Gasteiger partial charge in [0.05, 0.1) is 5.29 Å². The highest BCUT2D eigenvalue weighted by Crippen LogP contribution is 2.11. The highest BCUT2D eigenvalue weighted by Gasteiger charge is 2.28. The van der Waals surface area contributed by atoms with Gasteiger partial charge in [-0.05, 0) is 6.42 Å². The van der Waals surface area contributed by atoms with Crippen molar-refractivity contribution in [2.75, 3.05) is 39.9 Å². The molecule has 0 radical (unpaired) electrons. The molecule has 1 atom stereocenters. The first kappa shape index (κ1) is 13.8. The maximum Gasteiger partial charge on any atom is 0.240 e. The Morgan fingerprint density at radius 3 is 3.06 bits per heavy atom. The minimum atomic E-state index is -0.575. The molecule has 1 amide bonds. The molecule has 1 unspecified atom stereocenters. The second-order valence-electron chi connectivity index (χ2n) is 3.88. The molecule has 0 spiro atoms. The number of nitrogens with one attached hydrogen (secondary N) is 1. The van der Waals surface area contributed by atoms with Crippen molar-refractivity contribution < 1.29 is 9.53 Å². The maximum absolute atomic E-state index is 10.8. The zero-order valence-corrected chi connectivity index (χ0v) is 9.96. The summed E-state index contributed by atoms with van der Waals surface area (Å²) in [5.74, 6) is -0.575. The lowest BCUT2D eigenvalue weighted by molar-refractivity contribution is -0.130. The second-order valence-corrected chi connectivity index (χ2v) is 3.88. The van der Waals surface area contributed by atoms with Gasteiger partial charge in [-0.3, -0.25) is 4.79 Å². The third kappa shape index (κ3) is 4.25. The summed E-state index contributed by atoms with van der Waals surface area (Å²) in [5.41, 5.74) is 5.07. The van der Waals surface area contributed by atoms with Gasteiger partial charge in [0.15, 0.2) is 0 Å². The molecule has 1 rings (SSSR count). The van der Waals surface area contributed by atoms with Gasteiger partial charge in [-0.15, -0.1) is 4.91 Å². The molecule has 1 saturated heterocycles. The zero-order valence-electron chi connectivity index (χ0n) is 9.96. The molecule has 98 valence electrons. The number of nitrogens with zero attached hydrogens (tertiary/aromatic N) is 3. The number of hydrogen-bond acceptors (Lipinski definition) is 6. The summed E-state index contributed by atoms with van der Waals surface area (Å²) >= 11 is 0. The molecule has 8 nitrogen and oxygen atoms in total. The topological polar surface area (TPSA) is 100 Å². The van der Waals surface area contributed by atoms with E-state index in [-0.39, 0.29) is 12.6 Å². The second kappa shape index (κ2) is 7.15. The molecule has 0 bridgehead atoms. The van der Waals surface area contributed by atoms with E-state index in [4.69, 9.17) is 10.5 Å². The number of nitroso groups, excluding NO2 is 1. The third-order valence-electron chi connectivity index (χ3n) is 2.66. The molecule has 0 aromatic rings. The van der Waals surface area contributed by atoms with Crippen molar-refractivity contribution in [2.45, 2.75) is 12.5 Å². The smallest absolute Gasteiger partial charge is 0.240 e. The highest BCUT2D eigenvalue weighted by atomic mass is 16.5. The lowest BCUT2D eigenvalue weighted by Gasteiger charge is -2.39. The molecule has 0 aromatic carbocycles. The van der Waals surface area contributed by atoms with Gasteiger partial charge in [0.1, 0.15) is 6.54 Å². The first-order valence-electron chi connectivity index (χ1n) is 5.54. The number of nitrogens with two attached hydrogens (primary N) is 1. The van der Waals surface area contributed by atoms with Crippen LogP contribution in [0.2, 0.25) is 0 Å². The number of carbonyl (C=O) groups excluding carboxylic acids is 1. The van der Waals surface area contributed by atoms with Gasteiger partial charge in [0, 0.05) is 39.4 Å². The minimum absolute atomic E-state index is 0.0840. The van der Waals surface area contributed by atoms with Crippen LogP contribution in [-0.4, -0.2) is 62.0 Å². The van der Waals surface area contributed by atoms with Crippen molar-refractivity contribution in [3.8, 4) is 0 Å². The Labute approximate surface area is 100.0 Å². The van der Waals surface area contributed by atoms with Crippen molar-refractivity contribution >= 4 is 5.91 Å². The molecule has 3 N–H and O–H groups in total. The van der Waals surface area contributed by atoms with Gasteiger partial charge in [0.2, 0.25) is 5.91 Å². The van der Waals surface area contributed by atoms with E-state index >= 15 is 0 Å². The molecule has 1 heterocycles. The Morgan fingerprint density at radius 2 is 2.47 bits per heavy atom. The molecule has 0 aromatic heterocycles. The molecule has 1 fully saturated rings. The summed E-state index contributed by atoms with van der Waals surface area (Å²) in [7, 11) is 1.62. The molecule has 0 saturated carbocycles. The fourth-order valence-electron chi connectivity index (χ4n) is 1.87. The lowest BCUT2D eigenvalue weighted by atomic mass is 10.1. The number of methoxy groups -OCH3 is 1. The fraction of sp³-hybridized carbons (Fsp3) is 0.889. The number of ether oxygens (including phenoxy) is 1. The number of amides is 1. The maximum atomic E-state index is 10.8. The molecule has 17 heavy (non-hydrogen) atoms. The first-order valence-corrected chi connectivity index (χ1v) is 5.54. The van der Waals surface area contributed by atoms with Gasteiger partial charge in [-0.25, -0.2) is 0 Å². The van der Waals surface area contributed by atoms with Crippen molar-refractivity contribution in [3.05, 3.63) is 4.91 Å². The van der Waals surface area contributed by atoms with Crippen molar-refractivity contribution in [1.29, 1.82) is 0 Å². The Kier molecular flexibility index (Phi) is 5.81. The quantitative estimate of drug-likeness (QED) is 0.426. The van der Waals surface area contributed by atoms with Crippen LogP contribution in [0.4, 0.5) is 0 Å². The molecule has 1 aliphatic heterocycles. The normalized spacial score (nSPS) is 21.1. The number of carbonyl (C=O) groups is 1. The third-order valence-corrected chi connectivity index (χ3v) is 2.66. The summed E-state index contributed by atoms with van der Waals surface area (Å²) in [6.07, 6.45) is 0.758. The van der Waals surface area contributed by atoms with Crippen LogP contribution in [0.3, 0.4) is 0 Å². The van der Waals surface area contributed by atoms with Crippen LogP contribution in [0.5, 0.6) is 0 Å². The minimum Gasteiger partial charge on any atom is -0.385 e. The van der Waals surface area contributed by atoms with Gasteiger partial charge < -0.3 is 15.8 Å². The monoisotopic (exact) mass is 245 g/mol. The largest absolute Gasteiger partial charge is 0.385 e. The van der Waals surface area contributed by atoms with Gasteiger partial charge >= 0.3 is 0 Å². The predicted molar refractivity (Wildman–Crippen MR) is 61.6 cm³/mol. The molecule has 8 heteroatoms. The van der Waals surface area contributed by atoms with Crippen LogP contribution in [-0.2, 0) is 9.53 Å². The van der Waals surface area contributed by atoms with Crippen LogP contribution in [0.1, 0.15) is 6.42 Å². The van der Waals surface area contributed by atoms with E-state index in [2.05, 4.69) is 10.6 Å². The number of hydrazine groups is 1. The Hall–Kier alpha value is -1.25. The van der Waals surface area contributed by atoms with E-state index in [9.17, 15) is 9.70 Å². The average molecular weight is 245 g/mol. The van der Waals surface area contributed by atoms with Gasteiger partial charge in [-0.1, -0.05) is 0 Å². The van der Waals surface area contributed by atoms with E-state index in [1.165, 1.54) is 0 Å². The van der Waals surface area contributed by atoms with E-state index in [0.717, 1.165) is 24.6 Å². The predicted octanol–water partition coefficient (Wildman–Crippen LogP) is -1.32. The molecular formula is C9H19N5O3. The standard InChI is InChI=1S/C9H19N5O3/c1-17-5-2-8-6-11-3-4-13(8)14(12-16)7-9(10)15/h8,11H,2-7H2,1H3,(H2,10,15). The van der Waals surface area contributed by atoms with E-state index in [1.807, 2.05) is 0 Å². The summed E-state index contributed by atoms with van der Waals surface area (Å²) in [6.45, 7) is 2.49. The Balaban J connectivity index is 2.60. The van der Waals surface area contributed by atoms with Gasteiger partial charge in [-0.2, -0.15) is 10.1 Å². The highest BCUT2D eigenvalue weighted by molar-refractivity contribution is 5.75. The first-order chi connectivity index (χ1) is 8.19. The Morgan fingerprint density at radius 1 is 1.71 bits per heavy atom. The number of hydrogen-bond donors (Lipinski definition) is 2. The summed E-state index contributed by atoms with van der Waals surface area (Å²) in [6, 6.07) is 0.0840. The number of primary amides is 1. The van der Waals surface area contributed by atoms with E-state index < -0.39 is 5.91 Å². The molecule has 0 aliphatic carbocycles.